The summed E-state index contributed by atoms with van der Waals surface area (Å²) in [4.78, 5) is 5.03. The molecule has 0 atom stereocenters. The SMILES string of the molecule is [2H]c1c([2H])c([2H])c(-c2cccc(-c3cc(C(C)(C)C)cc(C(C)(C)C)c3)c2-[n+]2[c-]n(-c3[c-]c(Oc4[c-]c5c(cc4)c4ccccc4n5-c4cc(C([2H])([2H])C(C)(C)C)c(-c5ccccc5)cn4)ccc3)c3ccccc32)c([2H])c1[2H].[Pt]. The third kappa shape index (κ3) is 9.72. The van der Waals surface area contributed by atoms with E-state index in [9.17, 15) is 5.48 Å². The first kappa shape index (κ1) is 41.2. The number of aromatic nitrogens is 4. The van der Waals surface area contributed by atoms with Crippen molar-refractivity contribution in [3.63, 3.8) is 0 Å². The summed E-state index contributed by atoms with van der Waals surface area (Å²) in [5.74, 6) is 1.39. The van der Waals surface area contributed by atoms with Crippen molar-refractivity contribution in [2.24, 2.45) is 5.41 Å². The molecule has 0 aliphatic carbocycles. The Kier molecular flexibility index (Phi) is 10.9. The normalized spacial score (nSPS) is 13.7. The van der Waals surface area contributed by atoms with Crippen molar-refractivity contribution in [3.8, 4) is 62.1 Å². The van der Waals surface area contributed by atoms with Gasteiger partial charge in [-0.05, 0) is 90.3 Å². The van der Waals surface area contributed by atoms with Crippen molar-refractivity contribution in [1.82, 2.24) is 14.1 Å². The van der Waals surface area contributed by atoms with Gasteiger partial charge in [0.15, 0.2) is 0 Å². The summed E-state index contributed by atoms with van der Waals surface area (Å²) in [5, 5.41) is 1.91. The smallest absolute Gasteiger partial charge is 0.268 e. The van der Waals surface area contributed by atoms with Gasteiger partial charge in [0.05, 0.1) is 23.6 Å². The molecule has 0 bridgehead atoms. The number of nitrogens with zero attached hydrogens (tertiary/aromatic N) is 4. The molecule has 0 spiro atoms. The number of ether oxygens (including phenoxy) is 1. The fraction of sp³-hybridized carbons (Fsp3) is 0.194. The number of para-hydroxylation sites is 4. The molecule has 0 saturated heterocycles. The Hall–Kier alpha value is -7.33. The number of rotatable bonds is 9. The van der Waals surface area contributed by atoms with Crippen LogP contribution in [0.1, 0.15) is 88.6 Å². The molecule has 11 aromatic rings. The number of hydrogen-bond acceptors (Lipinski definition) is 2. The zero-order valence-electron chi connectivity index (χ0n) is 49.5. The molecular weight excluding hydrogens is 1070 g/mol. The van der Waals surface area contributed by atoms with Crippen LogP contribution >= 0.6 is 0 Å². The van der Waals surface area contributed by atoms with Gasteiger partial charge in [0, 0.05) is 52.6 Å². The average molecular weight is 1140 g/mol. The second kappa shape index (κ2) is 19.3. The Morgan fingerprint density at radius 2 is 1.23 bits per heavy atom. The van der Waals surface area contributed by atoms with Crippen molar-refractivity contribution in [2.45, 2.75) is 79.5 Å². The molecule has 0 fully saturated rings. The number of pyridine rings is 1. The minimum Gasteiger partial charge on any atom is -0.510 e. The summed E-state index contributed by atoms with van der Waals surface area (Å²) in [6.07, 6.45) is 3.69. The van der Waals surface area contributed by atoms with E-state index >= 15 is 0 Å². The molecule has 0 unspecified atom stereocenters. The van der Waals surface area contributed by atoms with Crippen LogP contribution in [0.15, 0.2) is 188 Å². The van der Waals surface area contributed by atoms with E-state index in [0.29, 0.717) is 45.3 Å². The second-order valence-electron chi connectivity index (χ2n) is 21.5. The van der Waals surface area contributed by atoms with E-state index in [1.54, 1.807) is 6.20 Å². The Morgan fingerprint density at radius 3 is 1.95 bits per heavy atom. The van der Waals surface area contributed by atoms with Gasteiger partial charge in [-0.15, -0.1) is 29.7 Å². The third-order valence-corrected chi connectivity index (χ3v) is 13.1. The molecule has 0 radical (unpaired) electrons. The molecule has 0 aliphatic rings. The van der Waals surface area contributed by atoms with Gasteiger partial charge < -0.3 is 13.9 Å². The zero-order chi connectivity index (χ0) is 56.1. The van der Waals surface area contributed by atoms with E-state index in [4.69, 9.17) is 13.8 Å². The Labute approximate surface area is 454 Å². The van der Waals surface area contributed by atoms with Crippen LogP contribution in [0.25, 0.3) is 83.4 Å². The maximum absolute atomic E-state index is 9.52. The van der Waals surface area contributed by atoms with E-state index in [1.807, 2.05) is 162 Å². The van der Waals surface area contributed by atoms with Crippen LogP contribution in [0, 0.1) is 23.9 Å². The standard InChI is InChI=1S/C67H60N4O.Pt/c1-65(2,3)42-48-38-63(68-43-58(48)46-24-14-11-15-25-46)71-59-31-17-16-28-56(59)57-35-34-53(41-62(57)71)72-52-27-20-26-51(40-52)69-44-70(61-33-19-18-32-60(61)69)64-54(45-22-12-10-13-23-45)29-21-30-55(64)47-36-49(66(4,5)6)39-50(37-47)67(7,8)9;/h10-39,43H,42H2,1-9H3;/q-2;/i10D,12D,13D,22D,23D,42D2;. The quantitative estimate of drug-likeness (QED) is 0.107. The van der Waals surface area contributed by atoms with E-state index in [-0.39, 0.29) is 49.5 Å². The predicted octanol–water partition coefficient (Wildman–Crippen LogP) is 16.8. The van der Waals surface area contributed by atoms with Crippen LogP contribution in [0.3, 0.4) is 0 Å². The summed E-state index contributed by atoms with van der Waals surface area (Å²) in [5.41, 5.74) is 9.84. The minimum absolute atomic E-state index is 0. The van der Waals surface area contributed by atoms with Crippen molar-refractivity contribution in [3.05, 3.63) is 223 Å². The molecule has 366 valence electrons. The van der Waals surface area contributed by atoms with E-state index in [1.165, 1.54) is 0 Å². The number of imidazole rings is 1. The molecule has 0 aliphatic heterocycles. The molecule has 3 aromatic heterocycles. The predicted molar refractivity (Wildman–Crippen MR) is 297 cm³/mol. The van der Waals surface area contributed by atoms with E-state index in [0.717, 1.165) is 60.7 Å². The van der Waals surface area contributed by atoms with Gasteiger partial charge in [-0.3, -0.25) is 4.57 Å². The molecule has 11 rings (SSSR count). The largest absolute Gasteiger partial charge is 0.510 e. The third-order valence-electron chi connectivity index (χ3n) is 13.1. The van der Waals surface area contributed by atoms with Crippen LogP contribution in [-0.2, 0) is 38.3 Å². The molecule has 73 heavy (non-hydrogen) atoms. The summed E-state index contributed by atoms with van der Waals surface area (Å²) in [6, 6.07) is 54.8. The van der Waals surface area contributed by atoms with Crippen LogP contribution in [0.5, 0.6) is 11.5 Å². The topological polar surface area (TPSA) is 35.9 Å². The van der Waals surface area contributed by atoms with Gasteiger partial charge in [0.25, 0.3) is 6.33 Å². The van der Waals surface area contributed by atoms with Crippen molar-refractivity contribution < 1.29 is 40.0 Å². The monoisotopic (exact) mass is 1140 g/mol. The van der Waals surface area contributed by atoms with Gasteiger partial charge >= 0.3 is 0 Å². The molecule has 0 saturated carbocycles. The number of benzene rings is 8. The maximum Gasteiger partial charge on any atom is 0.268 e. The van der Waals surface area contributed by atoms with E-state index in [2.05, 4.69) is 84.3 Å². The second-order valence-corrected chi connectivity index (χ2v) is 21.5. The van der Waals surface area contributed by atoms with Gasteiger partial charge in [-0.25, -0.2) is 4.98 Å². The number of hydrogen-bond donors (Lipinski definition) is 0. The van der Waals surface area contributed by atoms with Crippen LogP contribution < -0.4 is 9.30 Å². The minimum atomic E-state index is -1.74. The first-order valence-electron chi connectivity index (χ1n) is 28.0. The van der Waals surface area contributed by atoms with Crippen molar-refractivity contribution in [2.75, 3.05) is 0 Å². The fourth-order valence-electron chi connectivity index (χ4n) is 9.50. The van der Waals surface area contributed by atoms with Crippen LogP contribution in [0.2, 0.25) is 0 Å². The summed E-state index contributed by atoms with van der Waals surface area (Å²) in [7, 11) is 0. The van der Waals surface area contributed by atoms with Crippen LogP contribution in [-0.4, -0.2) is 14.1 Å². The van der Waals surface area contributed by atoms with Gasteiger partial charge in [-0.1, -0.05) is 207 Å². The fourth-order valence-corrected chi connectivity index (χ4v) is 9.50. The average Bonchev–Trinajstić information content (AvgIpc) is 4.16. The molecular formula is C67H60N4OPt-2. The van der Waals surface area contributed by atoms with Crippen molar-refractivity contribution in [1.29, 1.82) is 0 Å². The van der Waals surface area contributed by atoms with Gasteiger partial charge in [0.2, 0.25) is 0 Å². The van der Waals surface area contributed by atoms with Crippen molar-refractivity contribution >= 4 is 32.8 Å². The summed E-state index contributed by atoms with van der Waals surface area (Å²) >= 11 is 0. The van der Waals surface area contributed by atoms with Gasteiger partial charge in [0.1, 0.15) is 5.82 Å². The molecule has 3 heterocycles. The Bertz CT molecular complexity index is 4160. The summed E-state index contributed by atoms with van der Waals surface area (Å²) in [6.45, 7) is 18.9. The molecule has 8 aromatic carbocycles. The van der Waals surface area contributed by atoms with E-state index < -0.39 is 29.9 Å². The molecule has 6 heteroatoms. The first-order chi connectivity index (χ1) is 37.4. The van der Waals surface area contributed by atoms with Gasteiger partial charge in [-0.2, -0.15) is 18.2 Å². The maximum atomic E-state index is 9.52. The Balaban J connectivity index is 0.00000720. The molecule has 5 nitrogen and oxygen atoms in total. The van der Waals surface area contributed by atoms with Crippen LogP contribution in [0.4, 0.5) is 0 Å². The first-order valence-corrected chi connectivity index (χ1v) is 24.5. The molecule has 0 amide bonds. The molecule has 0 N–H and O–H groups in total. The zero-order valence-corrected chi connectivity index (χ0v) is 44.8. The number of fused-ring (bicyclic) bond motifs is 4. The summed E-state index contributed by atoms with van der Waals surface area (Å²) < 4.78 is 76.1. The Morgan fingerprint density at radius 1 is 0.589 bits per heavy atom.